The third-order valence-electron chi connectivity index (χ3n) is 6.07. The predicted octanol–water partition coefficient (Wildman–Crippen LogP) is 3.55. The number of likely N-dealkylation sites (tertiary alicyclic amines) is 1. The smallest absolute Gasteiger partial charge is 0.273 e. The molecule has 0 aromatic carbocycles. The fourth-order valence-corrected chi connectivity index (χ4v) is 6.03. The lowest BCUT2D eigenvalue weighted by molar-refractivity contribution is 0.0588. The SMILES string of the molecule is CC(C)Cc1sc(-n2cccc2)nc1C(=O)N1CC2CC(C1)c1cccc(=O)n1C2. The van der Waals surface area contributed by atoms with Gasteiger partial charge in [0.2, 0.25) is 0 Å². The number of fused-ring (bicyclic) bond motifs is 4. The van der Waals surface area contributed by atoms with Gasteiger partial charge in [0.15, 0.2) is 5.13 Å². The number of hydrogen-bond donors (Lipinski definition) is 0. The Labute approximate surface area is 179 Å². The van der Waals surface area contributed by atoms with E-state index < -0.39 is 0 Å². The van der Waals surface area contributed by atoms with Crippen molar-refractivity contribution in [1.82, 2.24) is 19.0 Å². The topological polar surface area (TPSA) is 60.1 Å². The van der Waals surface area contributed by atoms with Gasteiger partial charge < -0.3 is 14.0 Å². The number of hydrogen-bond acceptors (Lipinski definition) is 4. The quantitative estimate of drug-likeness (QED) is 0.646. The maximum atomic E-state index is 13.6. The van der Waals surface area contributed by atoms with Crippen molar-refractivity contribution in [2.75, 3.05) is 13.1 Å². The first kappa shape index (κ1) is 19.3. The standard InChI is InChI=1S/C23H26N4O2S/c1-15(2)10-19-21(24-23(30-19)25-8-3-4-9-25)22(29)26-12-16-11-17(14-26)18-6-5-7-20(28)27(18)13-16/h3-9,15-17H,10-14H2,1-2H3. The van der Waals surface area contributed by atoms with Gasteiger partial charge >= 0.3 is 0 Å². The first-order chi connectivity index (χ1) is 14.5. The van der Waals surface area contributed by atoms with E-state index in [1.165, 1.54) is 0 Å². The van der Waals surface area contributed by atoms with Gasteiger partial charge in [0.05, 0.1) is 0 Å². The lowest BCUT2D eigenvalue weighted by Gasteiger charge is -2.42. The molecule has 6 nitrogen and oxygen atoms in total. The summed E-state index contributed by atoms with van der Waals surface area (Å²) < 4.78 is 3.87. The van der Waals surface area contributed by atoms with E-state index >= 15 is 0 Å². The fourth-order valence-electron chi connectivity index (χ4n) is 4.80. The lowest BCUT2D eigenvalue weighted by atomic mass is 9.83. The van der Waals surface area contributed by atoms with E-state index in [9.17, 15) is 9.59 Å². The van der Waals surface area contributed by atoms with Gasteiger partial charge in [-0.2, -0.15) is 0 Å². The van der Waals surface area contributed by atoms with Crippen LogP contribution in [0.25, 0.3) is 5.13 Å². The summed E-state index contributed by atoms with van der Waals surface area (Å²) >= 11 is 1.61. The van der Waals surface area contributed by atoms with E-state index in [1.54, 1.807) is 17.4 Å². The normalized spacial score (nSPS) is 20.4. The highest BCUT2D eigenvalue weighted by Gasteiger charge is 2.37. The lowest BCUT2D eigenvalue weighted by Crippen LogP contribution is -2.49. The summed E-state index contributed by atoms with van der Waals surface area (Å²) in [5.74, 6) is 1.01. The van der Waals surface area contributed by atoms with Gasteiger partial charge in [-0.3, -0.25) is 9.59 Å². The van der Waals surface area contributed by atoms with Crippen LogP contribution in [0.5, 0.6) is 0 Å². The molecule has 7 heteroatoms. The Bertz CT molecular complexity index is 1130. The van der Waals surface area contributed by atoms with Crippen molar-refractivity contribution in [3.8, 4) is 5.13 Å². The van der Waals surface area contributed by atoms with E-state index in [0.717, 1.165) is 28.5 Å². The molecule has 0 saturated carbocycles. The highest BCUT2D eigenvalue weighted by molar-refractivity contribution is 7.14. The van der Waals surface area contributed by atoms with Gasteiger partial charge in [-0.05, 0) is 42.9 Å². The van der Waals surface area contributed by atoms with Crippen molar-refractivity contribution in [1.29, 1.82) is 0 Å². The van der Waals surface area contributed by atoms with Gasteiger partial charge in [0.1, 0.15) is 5.69 Å². The third kappa shape index (κ3) is 3.41. The molecular weight excluding hydrogens is 396 g/mol. The molecule has 2 aliphatic heterocycles. The maximum Gasteiger partial charge on any atom is 0.273 e. The molecule has 30 heavy (non-hydrogen) atoms. The van der Waals surface area contributed by atoms with Crippen LogP contribution in [0.15, 0.2) is 47.5 Å². The number of piperidine rings is 1. The zero-order valence-electron chi connectivity index (χ0n) is 17.3. The first-order valence-corrected chi connectivity index (χ1v) is 11.4. The second kappa shape index (κ2) is 7.54. The minimum atomic E-state index is 0.0294. The highest BCUT2D eigenvalue weighted by Crippen LogP contribution is 2.36. The van der Waals surface area contributed by atoms with E-state index in [1.807, 2.05) is 50.7 Å². The van der Waals surface area contributed by atoms with E-state index in [-0.39, 0.29) is 17.4 Å². The van der Waals surface area contributed by atoms with Crippen molar-refractivity contribution >= 4 is 17.2 Å². The number of pyridine rings is 1. The fraction of sp³-hybridized carbons (Fsp3) is 0.435. The van der Waals surface area contributed by atoms with Crippen LogP contribution < -0.4 is 5.56 Å². The van der Waals surface area contributed by atoms with Gasteiger partial charge in [-0.1, -0.05) is 19.9 Å². The Balaban J connectivity index is 1.46. The molecule has 2 aliphatic rings. The Hall–Kier alpha value is -2.67. The van der Waals surface area contributed by atoms with Gasteiger partial charge in [0, 0.05) is 54.6 Å². The molecule has 3 aromatic rings. The Morgan fingerprint density at radius 3 is 2.73 bits per heavy atom. The third-order valence-corrected chi connectivity index (χ3v) is 7.17. The molecule has 1 saturated heterocycles. The predicted molar refractivity (Wildman–Crippen MR) is 117 cm³/mol. The summed E-state index contributed by atoms with van der Waals surface area (Å²) in [4.78, 5) is 33.7. The molecule has 5 rings (SSSR count). The van der Waals surface area contributed by atoms with Crippen molar-refractivity contribution in [2.45, 2.75) is 39.2 Å². The number of carbonyl (C=O) groups is 1. The highest BCUT2D eigenvalue weighted by atomic mass is 32.1. The molecule has 5 heterocycles. The second-order valence-corrected chi connectivity index (χ2v) is 9.93. The number of amides is 1. The maximum absolute atomic E-state index is 13.6. The number of carbonyl (C=O) groups excluding carboxylic acids is 1. The van der Waals surface area contributed by atoms with Crippen molar-refractivity contribution in [3.63, 3.8) is 0 Å². The Morgan fingerprint density at radius 2 is 1.97 bits per heavy atom. The molecule has 0 aliphatic carbocycles. The van der Waals surface area contributed by atoms with Gasteiger partial charge in [-0.15, -0.1) is 11.3 Å². The van der Waals surface area contributed by atoms with E-state index in [4.69, 9.17) is 4.98 Å². The average molecular weight is 423 g/mol. The molecule has 1 amide bonds. The minimum absolute atomic E-state index is 0.0294. The summed E-state index contributed by atoms with van der Waals surface area (Å²) in [7, 11) is 0. The van der Waals surface area contributed by atoms with Crippen LogP contribution in [0, 0.1) is 11.8 Å². The van der Waals surface area contributed by atoms with Crippen LogP contribution in [0.1, 0.15) is 47.2 Å². The summed E-state index contributed by atoms with van der Waals surface area (Å²) in [6, 6.07) is 9.43. The average Bonchev–Trinajstić information content (AvgIpc) is 3.38. The molecule has 1 fully saturated rings. The number of nitrogens with zero attached hydrogens (tertiary/aromatic N) is 4. The molecule has 0 radical (unpaired) electrons. The number of thiazole rings is 1. The molecule has 2 bridgehead atoms. The van der Waals surface area contributed by atoms with Crippen LogP contribution in [-0.2, 0) is 13.0 Å². The molecule has 3 aromatic heterocycles. The van der Waals surface area contributed by atoms with Crippen LogP contribution in [0.2, 0.25) is 0 Å². The first-order valence-electron chi connectivity index (χ1n) is 10.6. The van der Waals surface area contributed by atoms with Crippen LogP contribution >= 0.6 is 11.3 Å². The van der Waals surface area contributed by atoms with Gasteiger partial charge in [-0.25, -0.2) is 4.98 Å². The zero-order chi connectivity index (χ0) is 20.8. The molecule has 2 atom stereocenters. The van der Waals surface area contributed by atoms with Gasteiger partial charge in [0.25, 0.3) is 11.5 Å². The molecule has 0 N–H and O–H groups in total. The monoisotopic (exact) mass is 422 g/mol. The second-order valence-electron chi connectivity index (χ2n) is 8.86. The molecule has 2 unspecified atom stereocenters. The van der Waals surface area contributed by atoms with E-state index in [0.29, 0.717) is 37.2 Å². The van der Waals surface area contributed by atoms with Crippen molar-refractivity contribution in [2.24, 2.45) is 11.8 Å². The number of rotatable bonds is 4. The summed E-state index contributed by atoms with van der Waals surface area (Å²) in [6.45, 7) is 6.37. The van der Waals surface area contributed by atoms with Crippen LogP contribution in [0.3, 0.4) is 0 Å². The summed E-state index contributed by atoms with van der Waals surface area (Å²) in [5.41, 5.74) is 1.73. The minimum Gasteiger partial charge on any atom is -0.336 e. The van der Waals surface area contributed by atoms with Crippen molar-refractivity contribution < 1.29 is 4.79 Å². The molecular formula is C23H26N4O2S. The Kier molecular flexibility index (Phi) is 4.85. The van der Waals surface area contributed by atoms with Crippen LogP contribution in [-0.4, -0.2) is 38.0 Å². The summed E-state index contributed by atoms with van der Waals surface area (Å²) in [6.07, 6.45) is 5.81. The van der Waals surface area contributed by atoms with E-state index in [2.05, 4.69) is 13.8 Å². The zero-order valence-corrected chi connectivity index (χ0v) is 18.1. The van der Waals surface area contributed by atoms with Crippen LogP contribution in [0.4, 0.5) is 0 Å². The summed E-state index contributed by atoms with van der Waals surface area (Å²) in [5, 5.41) is 0.841. The number of aromatic nitrogens is 3. The largest absolute Gasteiger partial charge is 0.336 e. The molecule has 156 valence electrons. The Morgan fingerprint density at radius 1 is 1.17 bits per heavy atom. The molecule has 0 spiro atoms. The van der Waals surface area contributed by atoms with Crippen molar-refractivity contribution in [3.05, 3.63) is 69.3 Å².